The van der Waals surface area contributed by atoms with E-state index < -0.39 is 5.41 Å². The van der Waals surface area contributed by atoms with E-state index in [1.165, 1.54) is 0 Å². The van der Waals surface area contributed by atoms with Crippen molar-refractivity contribution in [1.82, 2.24) is 0 Å². The molecule has 1 N–H and O–H groups in total. The molecule has 1 saturated heterocycles. The number of Topliss-reactive ketones (excluding diaryl/α,β-unsaturated/α-hetero) is 1. The number of ether oxygens (including phenoxy) is 1. The molecule has 18 heavy (non-hydrogen) atoms. The molecule has 0 amide bonds. The Labute approximate surface area is 110 Å². The minimum absolute atomic E-state index is 0.0238. The van der Waals surface area contributed by atoms with Crippen LogP contribution in [0.1, 0.15) is 23.2 Å². The molecule has 1 aliphatic rings. The van der Waals surface area contributed by atoms with Crippen LogP contribution >= 0.6 is 11.6 Å². The first-order valence-electron chi connectivity index (χ1n) is 5.49. The van der Waals surface area contributed by atoms with Gasteiger partial charge in [0.25, 0.3) is 0 Å². The van der Waals surface area contributed by atoms with E-state index in [1.807, 2.05) is 6.07 Å². The van der Waals surface area contributed by atoms with Crippen LogP contribution in [0, 0.1) is 22.2 Å². The summed E-state index contributed by atoms with van der Waals surface area (Å²) in [5.41, 5.74) is -0.606. The second-order valence-corrected chi connectivity index (χ2v) is 4.66. The molecule has 0 bridgehead atoms. The van der Waals surface area contributed by atoms with E-state index in [4.69, 9.17) is 21.7 Å². The molecule has 1 fully saturated rings. The number of carbonyl (C=O) groups excluding carboxylic acids is 1. The third kappa shape index (κ3) is 2.22. The largest absolute Gasteiger partial charge is 0.480 e. The van der Waals surface area contributed by atoms with Gasteiger partial charge >= 0.3 is 0 Å². The predicted octanol–water partition coefficient (Wildman–Crippen LogP) is 2.82. The van der Waals surface area contributed by atoms with Crippen LogP contribution in [0.5, 0.6) is 0 Å². The van der Waals surface area contributed by atoms with Crippen LogP contribution in [-0.2, 0) is 4.74 Å². The number of benzene rings is 1. The lowest BCUT2D eigenvalue weighted by Gasteiger charge is -2.16. The molecule has 1 unspecified atom stereocenters. The fraction of sp³-hybridized carbons (Fsp3) is 0.308. The van der Waals surface area contributed by atoms with E-state index in [9.17, 15) is 10.1 Å². The van der Waals surface area contributed by atoms with Gasteiger partial charge < -0.3 is 4.74 Å². The second-order valence-electron chi connectivity index (χ2n) is 4.23. The summed E-state index contributed by atoms with van der Waals surface area (Å²) in [6.07, 6.45) is 0.367. The number of halogens is 1. The number of hydrogen-bond acceptors (Lipinski definition) is 4. The Morgan fingerprint density at radius 1 is 1.50 bits per heavy atom. The summed E-state index contributed by atoms with van der Waals surface area (Å²) in [6, 6.07) is 8.54. The van der Waals surface area contributed by atoms with E-state index in [1.54, 1.807) is 24.3 Å². The fourth-order valence-electron chi connectivity index (χ4n) is 1.91. The van der Waals surface area contributed by atoms with Crippen molar-refractivity contribution in [2.45, 2.75) is 12.8 Å². The lowest BCUT2D eigenvalue weighted by Crippen LogP contribution is -2.27. The molecule has 1 heterocycles. The zero-order valence-electron chi connectivity index (χ0n) is 9.57. The average Bonchev–Trinajstić information content (AvgIpc) is 2.72. The maximum Gasteiger partial charge on any atom is 0.202 e. The Hall–Kier alpha value is -1.86. The van der Waals surface area contributed by atoms with Crippen LogP contribution in [0.25, 0.3) is 0 Å². The van der Waals surface area contributed by atoms with Crippen molar-refractivity contribution in [3.8, 4) is 6.07 Å². The van der Waals surface area contributed by atoms with Gasteiger partial charge in [0.1, 0.15) is 5.41 Å². The molecule has 0 spiro atoms. The summed E-state index contributed by atoms with van der Waals surface area (Å²) in [5.74, 6) is -0.282. The highest BCUT2D eigenvalue weighted by atomic mass is 35.5. The van der Waals surface area contributed by atoms with Gasteiger partial charge in [0.05, 0.1) is 12.7 Å². The second kappa shape index (κ2) is 4.79. The molecule has 4 nitrogen and oxygen atoms in total. The van der Waals surface area contributed by atoms with Gasteiger partial charge in [-0.1, -0.05) is 11.6 Å². The van der Waals surface area contributed by atoms with Gasteiger partial charge in [-0.2, -0.15) is 5.26 Å². The molecule has 1 aromatic carbocycles. The lowest BCUT2D eigenvalue weighted by atomic mass is 9.81. The van der Waals surface area contributed by atoms with Crippen LogP contribution in [0.3, 0.4) is 0 Å². The van der Waals surface area contributed by atoms with E-state index in [2.05, 4.69) is 0 Å². The normalized spacial score (nSPS) is 22.3. The zero-order valence-corrected chi connectivity index (χ0v) is 10.3. The Morgan fingerprint density at radius 3 is 2.67 bits per heavy atom. The lowest BCUT2D eigenvalue weighted by molar-refractivity contribution is 0.0959. The summed E-state index contributed by atoms with van der Waals surface area (Å²) in [4.78, 5) is 12.1. The van der Waals surface area contributed by atoms with Gasteiger partial charge in [-0.3, -0.25) is 10.2 Å². The minimum Gasteiger partial charge on any atom is -0.480 e. The van der Waals surface area contributed by atoms with E-state index in [0.29, 0.717) is 23.6 Å². The Kier molecular flexibility index (Phi) is 3.35. The summed E-state index contributed by atoms with van der Waals surface area (Å²) in [5, 5.41) is 17.4. The predicted molar refractivity (Wildman–Crippen MR) is 66.7 cm³/mol. The molecule has 0 radical (unpaired) electrons. The van der Waals surface area contributed by atoms with Crippen molar-refractivity contribution in [2.24, 2.45) is 5.41 Å². The van der Waals surface area contributed by atoms with Gasteiger partial charge in [0.2, 0.25) is 5.90 Å². The summed E-state index contributed by atoms with van der Waals surface area (Å²) >= 11 is 5.75. The van der Waals surface area contributed by atoms with E-state index in [0.717, 1.165) is 0 Å². The number of nitrogens with zero attached hydrogens (tertiary/aromatic N) is 1. The fourth-order valence-corrected chi connectivity index (χ4v) is 2.03. The number of carbonyl (C=O) groups is 1. The van der Waals surface area contributed by atoms with Gasteiger partial charge in [0.15, 0.2) is 5.78 Å². The third-order valence-electron chi connectivity index (χ3n) is 3.05. The summed E-state index contributed by atoms with van der Waals surface area (Å²) < 4.78 is 5.00. The first-order chi connectivity index (χ1) is 8.57. The van der Waals surface area contributed by atoms with Crippen molar-refractivity contribution in [3.05, 3.63) is 34.9 Å². The summed E-state index contributed by atoms with van der Waals surface area (Å²) in [6.45, 7) is 0.320. The minimum atomic E-state index is -1.10. The van der Waals surface area contributed by atoms with Gasteiger partial charge in [0, 0.05) is 23.4 Å². The van der Waals surface area contributed by atoms with Gasteiger partial charge in [-0.25, -0.2) is 0 Å². The topological polar surface area (TPSA) is 73.9 Å². The maximum atomic E-state index is 12.1. The number of rotatable bonds is 3. The molecule has 1 atom stereocenters. The van der Waals surface area contributed by atoms with Gasteiger partial charge in [-0.15, -0.1) is 0 Å². The number of nitriles is 1. The standard InChI is InChI=1S/C13H11ClN2O2/c14-10-3-1-9(2-4-10)11(17)7-13(8-15)5-6-18-12(13)16/h1-4,16H,5-7H2. The van der Waals surface area contributed by atoms with Gasteiger partial charge in [-0.05, 0) is 24.3 Å². The quantitative estimate of drug-likeness (QED) is 0.851. The first kappa shape index (κ1) is 12.6. The Bertz CT molecular complexity index is 533. The molecule has 1 aliphatic heterocycles. The van der Waals surface area contributed by atoms with Crippen LogP contribution in [0.15, 0.2) is 24.3 Å². The van der Waals surface area contributed by atoms with E-state index in [-0.39, 0.29) is 18.1 Å². The monoisotopic (exact) mass is 262 g/mol. The van der Waals surface area contributed by atoms with E-state index >= 15 is 0 Å². The molecular weight excluding hydrogens is 252 g/mol. The highest BCUT2D eigenvalue weighted by molar-refractivity contribution is 6.30. The number of hydrogen-bond donors (Lipinski definition) is 1. The number of nitrogens with one attached hydrogen (secondary N) is 1. The van der Waals surface area contributed by atoms with Crippen molar-refractivity contribution in [1.29, 1.82) is 10.7 Å². The van der Waals surface area contributed by atoms with Crippen molar-refractivity contribution in [3.63, 3.8) is 0 Å². The molecule has 0 aliphatic carbocycles. The van der Waals surface area contributed by atoms with Crippen LogP contribution < -0.4 is 0 Å². The van der Waals surface area contributed by atoms with Crippen LogP contribution in [-0.4, -0.2) is 18.3 Å². The molecule has 5 heteroatoms. The SMILES string of the molecule is N#CC1(CC(=O)c2ccc(Cl)cc2)CCOC1=N. The average molecular weight is 263 g/mol. The highest BCUT2D eigenvalue weighted by Gasteiger charge is 2.43. The molecule has 1 aromatic rings. The molecule has 92 valence electrons. The first-order valence-corrected chi connectivity index (χ1v) is 5.87. The maximum absolute atomic E-state index is 12.1. The zero-order chi connectivity index (χ0) is 13.2. The van der Waals surface area contributed by atoms with Crippen molar-refractivity contribution >= 4 is 23.3 Å². The Balaban J connectivity index is 2.19. The summed E-state index contributed by atoms with van der Waals surface area (Å²) in [7, 11) is 0. The third-order valence-corrected chi connectivity index (χ3v) is 3.30. The Morgan fingerprint density at radius 2 is 2.17 bits per heavy atom. The molecule has 0 saturated carbocycles. The molecular formula is C13H11ClN2O2. The van der Waals surface area contributed by atoms with Crippen molar-refractivity contribution < 1.29 is 9.53 Å². The van der Waals surface area contributed by atoms with Crippen LogP contribution in [0.4, 0.5) is 0 Å². The molecule has 2 rings (SSSR count). The molecule has 0 aromatic heterocycles. The van der Waals surface area contributed by atoms with Crippen molar-refractivity contribution in [2.75, 3.05) is 6.61 Å². The van der Waals surface area contributed by atoms with Crippen LogP contribution in [0.2, 0.25) is 5.02 Å². The highest BCUT2D eigenvalue weighted by Crippen LogP contribution is 2.34. The number of ketones is 1. The smallest absolute Gasteiger partial charge is 0.202 e.